The molecule has 3 N–H and O–H groups in total. The van der Waals surface area contributed by atoms with Crippen LogP contribution in [-0.2, 0) is 29.6 Å². The van der Waals surface area contributed by atoms with Crippen molar-refractivity contribution in [3.05, 3.63) is 78.2 Å². The Morgan fingerprint density at radius 2 is 1.84 bits per heavy atom. The number of imidazole rings is 1. The maximum atomic E-state index is 13.8. The van der Waals surface area contributed by atoms with Crippen LogP contribution in [-0.4, -0.2) is 38.3 Å². The van der Waals surface area contributed by atoms with Crippen LogP contribution in [0.3, 0.4) is 0 Å². The maximum Gasteiger partial charge on any atom is 0.416 e. The second-order valence-electron chi connectivity index (χ2n) is 11.2. The summed E-state index contributed by atoms with van der Waals surface area (Å²) in [6.07, 6.45) is 0.822. The number of rotatable bonds is 7. The van der Waals surface area contributed by atoms with Gasteiger partial charge in [0.2, 0.25) is 0 Å². The summed E-state index contributed by atoms with van der Waals surface area (Å²) in [7, 11) is 1.51. The third kappa shape index (κ3) is 4.53. The van der Waals surface area contributed by atoms with Crippen molar-refractivity contribution in [2.45, 2.75) is 37.6 Å². The van der Waals surface area contributed by atoms with Crippen molar-refractivity contribution in [2.24, 2.45) is 5.92 Å². The van der Waals surface area contributed by atoms with Crippen molar-refractivity contribution in [1.29, 1.82) is 0 Å². The molecule has 3 aromatic carbocycles. The fourth-order valence-electron chi connectivity index (χ4n) is 5.87. The van der Waals surface area contributed by atoms with E-state index in [-0.39, 0.29) is 17.9 Å². The largest absolute Gasteiger partial charge is 0.497 e. The molecule has 2 aromatic heterocycles. The smallest absolute Gasteiger partial charge is 0.416 e. The van der Waals surface area contributed by atoms with Crippen LogP contribution in [0.15, 0.2) is 67.1 Å². The number of amides is 3. The Balaban J connectivity index is 1.31. The van der Waals surface area contributed by atoms with Gasteiger partial charge in [-0.05, 0) is 60.2 Å². The number of ether oxygens (including phenoxy) is 1. The second-order valence-corrected chi connectivity index (χ2v) is 11.2. The number of imide groups is 1. The van der Waals surface area contributed by atoms with Crippen molar-refractivity contribution in [3.8, 4) is 22.8 Å². The lowest BCUT2D eigenvalue weighted by Crippen LogP contribution is -2.47. The van der Waals surface area contributed by atoms with Crippen LogP contribution < -0.4 is 15.4 Å². The molecule has 3 amide bonds. The Kier molecular flexibility index (Phi) is 5.94. The second kappa shape index (κ2) is 9.51. The number of aromatic nitrogens is 3. The molecule has 2 fully saturated rings. The number of methoxy groups -OCH3 is 1. The lowest BCUT2D eigenvalue weighted by atomic mass is 9.88. The first-order valence-corrected chi connectivity index (χ1v) is 13.7. The first-order valence-electron chi connectivity index (χ1n) is 13.7. The van der Waals surface area contributed by atoms with Gasteiger partial charge < -0.3 is 24.3 Å². The number of urea groups is 1. The Labute approximate surface area is 242 Å². The highest BCUT2D eigenvalue weighted by atomic mass is 19.4. The van der Waals surface area contributed by atoms with Gasteiger partial charge in [-0.1, -0.05) is 24.3 Å². The lowest BCUT2D eigenvalue weighted by molar-refractivity contribution is -0.137. The van der Waals surface area contributed by atoms with Gasteiger partial charge in [-0.2, -0.15) is 13.2 Å². The van der Waals surface area contributed by atoms with Crippen molar-refractivity contribution in [2.75, 3.05) is 7.11 Å². The van der Waals surface area contributed by atoms with Crippen LogP contribution in [0.2, 0.25) is 0 Å². The highest BCUT2D eigenvalue weighted by molar-refractivity contribution is 6.07. The van der Waals surface area contributed by atoms with Crippen molar-refractivity contribution in [3.63, 3.8) is 0 Å². The third-order valence-electron chi connectivity index (χ3n) is 8.30. The van der Waals surface area contributed by atoms with Crippen LogP contribution in [0.25, 0.3) is 32.9 Å². The zero-order valence-corrected chi connectivity index (χ0v) is 22.9. The average Bonchev–Trinajstić information content (AvgIpc) is 3.53. The summed E-state index contributed by atoms with van der Waals surface area (Å²) >= 11 is 0. The molecule has 7 rings (SSSR count). The molecule has 1 aliphatic carbocycles. The molecule has 5 aromatic rings. The van der Waals surface area contributed by atoms with Gasteiger partial charge in [0.25, 0.3) is 5.91 Å². The monoisotopic (exact) mass is 589 g/mol. The first kappa shape index (κ1) is 26.9. The molecule has 9 nitrogen and oxygen atoms in total. The molecular weight excluding hydrogens is 563 g/mol. The highest BCUT2D eigenvalue weighted by Gasteiger charge is 2.48. The van der Waals surface area contributed by atoms with E-state index in [4.69, 9.17) is 4.74 Å². The Morgan fingerprint density at radius 3 is 2.49 bits per heavy atom. The zero-order valence-electron chi connectivity index (χ0n) is 22.9. The number of benzene rings is 3. The number of nitrogens with one attached hydrogen (secondary N) is 2. The number of hydrogen-bond donors (Lipinski definition) is 3. The molecule has 0 bridgehead atoms. The molecule has 0 spiro atoms. The summed E-state index contributed by atoms with van der Waals surface area (Å²) in [6.45, 7) is 0.525. The number of aromatic hydroxyl groups is 1. The minimum atomic E-state index is -4.56. The molecule has 1 saturated carbocycles. The standard InChI is InChI=1S/C31H26F3N5O4/c1-43-22-9-6-19-14-38(27(40)24(19)12-22)15-30(28(41)36-29(42)37-30)20-7-4-18(5-8-20)23-10-21(31(32,33)34)11-25-26(23)39(16-35-25)13-17-2-3-17/h4-12,14,16-17,40H,2-3,13,15H2,1H3,(H2,36,37,41,42)/t30-/m0/s1. The van der Waals surface area contributed by atoms with E-state index in [0.29, 0.717) is 51.2 Å². The number of halogens is 3. The van der Waals surface area contributed by atoms with Gasteiger partial charge in [0.15, 0.2) is 11.4 Å². The summed E-state index contributed by atoms with van der Waals surface area (Å²) in [5.74, 6) is 0.278. The summed E-state index contributed by atoms with van der Waals surface area (Å²) in [4.78, 5) is 30.0. The molecule has 0 unspecified atom stereocenters. The molecule has 3 heterocycles. The van der Waals surface area contributed by atoms with E-state index in [1.807, 2.05) is 4.57 Å². The molecule has 43 heavy (non-hydrogen) atoms. The van der Waals surface area contributed by atoms with Crippen LogP contribution >= 0.6 is 0 Å². The summed E-state index contributed by atoms with van der Waals surface area (Å²) in [6, 6.07) is 13.1. The fraction of sp³-hybridized carbons (Fsp3) is 0.258. The number of fused-ring (bicyclic) bond motifs is 2. The van der Waals surface area contributed by atoms with E-state index in [2.05, 4.69) is 15.6 Å². The van der Waals surface area contributed by atoms with Crippen LogP contribution in [0.5, 0.6) is 11.6 Å². The lowest BCUT2D eigenvalue weighted by Gasteiger charge is -2.27. The maximum absolute atomic E-state index is 13.8. The van der Waals surface area contributed by atoms with E-state index in [0.717, 1.165) is 25.0 Å². The SMILES string of the molecule is COc1ccc2cn(C[C@@]3(c4ccc(-c5cc(C(F)(F)F)cc6ncn(CC7CC7)c56)cc4)NC(=O)NC3=O)c(O)c2c1. The minimum Gasteiger partial charge on any atom is -0.497 e. The predicted molar refractivity (Wildman–Crippen MR) is 151 cm³/mol. The number of hydrogen-bond acceptors (Lipinski definition) is 5. The number of alkyl halides is 3. The number of carbonyl (C=O) groups excluding carboxylic acids is 2. The Morgan fingerprint density at radius 1 is 1.07 bits per heavy atom. The van der Waals surface area contributed by atoms with Gasteiger partial charge in [-0.3, -0.25) is 10.1 Å². The van der Waals surface area contributed by atoms with Gasteiger partial charge in [-0.15, -0.1) is 0 Å². The van der Waals surface area contributed by atoms with Gasteiger partial charge >= 0.3 is 12.2 Å². The molecule has 1 saturated heterocycles. The van der Waals surface area contributed by atoms with E-state index >= 15 is 0 Å². The van der Waals surface area contributed by atoms with E-state index in [9.17, 15) is 27.9 Å². The van der Waals surface area contributed by atoms with Crippen LogP contribution in [0, 0.1) is 5.92 Å². The normalized spacial score (nSPS) is 18.8. The summed E-state index contributed by atoms with van der Waals surface area (Å²) in [5.41, 5.74) is -0.284. The quantitative estimate of drug-likeness (QED) is 0.216. The molecule has 12 heteroatoms. The van der Waals surface area contributed by atoms with E-state index < -0.39 is 29.2 Å². The Hall–Kier alpha value is -5.00. The van der Waals surface area contributed by atoms with Crippen molar-refractivity contribution >= 4 is 33.7 Å². The predicted octanol–water partition coefficient (Wildman–Crippen LogP) is 5.54. The van der Waals surface area contributed by atoms with Gasteiger partial charge in [-0.25, -0.2) is 9.78 Å². The number of carbonyl (C=O) groups is 2. The van der Waals surface area contributed by atoms with E-state index in [1.165, 1.54) is 11.7 Å². The Bertz CT molecular complexity index is 1920. The van der Waals surface area contributed by atoms with Gasteiger partial charge in [0.05, 0.1) is 36.6 Å². The molecule has 1 aliphatic heterocycles. The van der Waals surface area contributed by atoms with Crippen molar-refractivity contribution < 1.29 is 32.6 Å². The van der Waals surface area contributed by atoms with Crippen LogP contribution in [0.1, 0.15) is 24.0 Å². The minimum absolute atomic E-state index is 0.117. The van der Waals surface area contributed by atoms with Gasteiger partial charge in [0.1, 0.15) is 5.75 Å². The van der Waals surface area contributed by atoms with Crippen LogP contribution in [0.4, 0.5) is 18.0 Å². The van der Waals surface area contributed by atoms with Gasteiger partial charge in [0, 0.05) is 29.1 Å². The van der Waals surface area contributed by atoms with Crippen molar-refractivity contribution in [1.82, 2.24) is 24.8 Å². The molecule has 2 aliphatic rings. The number of nitrogens with zero attached hydrogens (tertiary/aromatic N) is 3. The zero-order chi connectivity index (χ0) is 30.1. The summed E-state index contributed by atoms with van der Waals surface area (Å²) < 4.78 is 50.2. The fourth-order valence-corrected chi connectivity index (χ4v) is 5.87. The third-order valence-corrected chi connectivity index (χ3v) is 8.30. The average molecular weight is 590 g/mol. The van der Waals surface area contributed by atoms with E-state index in [1.54, 1.807) is 55.0 Å². The molecule has 0 radical (unpaired) electrons. The first-order chi connectivity index (χ1) is 20.6. The molecular formula is C31H26F3N5O4. The molecule has 1 atom stereocenters. The molecule has 220 valence electrons. The summed E-state index contributed by atoms with van der Waals surface area (Å²) in [5, 5.41) is 17.2. The highest BCUT2D eigenvalue weighted by Crippen LogP contribution is 2.40. The topological polar surface area (TPSA) is 110 Å².